The molecule has 5 heteroatoms. The first-order chi connectivity index (χ1) is 17.9. The van der Waals surface area contributed by atoms with Gasteiger partial charge in [0.1, 0.15) is 11.3 Å². The SMILES string of the molecule is CCN(CC)c1ccc2cc(/C=C/[C@]34Oc5ccccc5CN3c3ccccc3C4(C)C)c(=O)oc2c1. The Morgan fingerprint density at radius 2 is 1.73 bits per heavy atom. The third-order valence-electron chi connectivity index (χ3n) is 8.10. The molecule has 3 heterocycles. The van der Waals surface area contributed by atoms with Crippen LogP contribution in [0.4, 0.5) is 11.4 Å². The van der Waals surface area contributed by atoms with E-state index in [9.17, 15) is 4.79 Å². The van der Waals surface area contributed by atoms with Gasteiger partial charge in [-0.2, -0.15) is 0 Å². The molecule has 0 unspecified atom stereocenters. The molecule has 0 spiro atoms. The first kappa shape index (κ1) is 23.4. The molecule has 4 aromatic rings. The van der Waals surface area contributed by atoms with E-state index in [0.29, 0.717) is 11.1 Å². The van der Waals surface area contributed by atoms with E-state index >= 15 is 0 Å². The second-order valence-corrected chi connectivity index (χ2v) is 10.4. The summed E-state index contributed by atoms with van der Waals surface area (Å²) in [6, 6.07) is 24.6. The summed E-state index contributed by atoms with van der Waals surface area (Å²) in [7, 11) is 0. The number of ether oxygens (including phenoxy) is 1. The van der Waals surface area contributed by atoms with Gasteiger partial charge < -0.3 is 19.0 Å². The van der Waals surface area contributed by atoms with Crippen LogP contribution < -0.4 is 20.2 Å². The van der Waals surface area contributed by atoms with Gasteiger partial charge in [-0.05, 0) is 75.7 Å². The topological polar surface area (TPSA) is 45.9 Å². The number of rotatable bonds is 5. The van der Waals surface area contributed by atoms with E-state index in [0.717, 1.165) is 47.7 Å². The summed E-state index contributed by atoms with van der Waals surface area (Å²) in [5, 5.41) is 0.897. The molecule has 1 aromatic heterocycles. The number of hydrogen-bond acceptors (Lipinski definition) is 5. The first-order valence-electron chi connectivity index (χ1n) is 13.0. The fourth-order valence-electron chi connectivity index (χ4n) is 5.96. The van der Waals surface area contributed by atoms with Crippen molar-refractivity contribution in [1.82, 2.24) is 0 Å². The summed E-state index contributed by atoms with van der Waals surface area (Å²) in [5.41, 5.74) is 4.17. The number of para-hydroxylation sites is 2. The normalized spacial score (nSPS) is 19.4. The maximum atomic E-state index is 13.1. The Labute approximate surface area is 217 Å². The zero-order valence-electron chi connectivity index (χ0n) is 21.8. The number of nitrogens with zero attached hydrogens (tertiary/aromatic N) is 2. The number of hydrogen-bond donors (Lipinski definition) is 0. The highest BCUT2D eigenvalue weighted by Crippen LogP contribution is 2.56. The lowest BCUT2D eigenvalue weighted by atomic mass is 9.76. The van der Waals surface area contributed by atoms with Crippen molar-refractivity contribution in [2.75, 3.05) is 22.9 Å². The van der Waals surface area contributed by atoms with Crippen molar-refractivity contribution in [3.05, 3.63) is 106 Å². The second-order valence-electron chi connectivity index (χ2n) is 10.4. The highest BCUT2D eigenvalue weighted by Gasteiger charge is 2.59. The van der Waals surface area contributed by atoms with E-state index in [2.05, 4.69) is 73.9 Å². The molecule has 37 heavy (non-hydrogen) atoms. The van der Waals surface area contributed by atoms with Crippen LogP contribution >= 0.6 is 0 Å². The minimum atomic E-state index is -0.793. The van der Waals surface area contributed by atoms with Crippen LogP contribution in [0.1, 0.15) is 44.4 Å². The van der Waals surface area contributed by atoms with E-state index in [-0.39, 0.29) is 11.0 Å². The van der Waals surface area contributed by atoms with Gasteiger partial charge >= 0.3 is 5.63 Å². The lowest BCUT2D eigenvalue weighted by molar-refractivity contribution is 0.0433. The highest BCUT2D eigenvalue weighted by molar-refractivity contribution is 5.82. The summed E-state index contributed by atoms with van der Waals surface area (Å²) in [4.78, 5) is 17.7. The van der Waals surface area contributed by atoms with Crippen molar-refractivity contribution in [1.29, 1.82) is 0 Å². The van der Waals surface area contributed by atoms with Crippen molar-refractivity contribution in [2.24, 2.45) is 0 Å². The van der Waals surface area contributed by atoms with Gasteiger partial charge in [-0.1, -0.05) is 36.4 Å². The van der Waals surface area contributed by atoms with Gasteiger partial charge in [0.25, 0.3) is 0 Å². The number of benzene rings is 3. The van der Waals surface area contributed by atoms with Crippen LogP contribution in [-0.4, -0.2) is 18.8 Å². The van der Waals surface area contributed by atoms with Crippen LogP contribution in [0.5, 0.6) is 5.75 Å². The molecule has 5 nitrogen and oxygen atoms in total. The van der Waals surface area contributed by atoms with Crippen LogP contribution in [0.15, 0.2) is 88.1 Å². The Balaban J connectivity index is 1.46. The number of anilines is 2. The fourth-order valence-corrected chi connectivity index (χ4v) is 5.96. The number of fused-ring (bicyclic) bond motifs is 5. The third-order valence-corrected chi connectivity index (χ3v) is 8.10. The van der Waals surface area contributed by atoms with Crippen molar-refractivity contribution < 1.29 is 9.15 Å². The zero-order valence-corrected chi connectivity index (χ0v) is 21.8. The lowest BCUT2D eigenvalue weighted by Gasteiger charge is -2.48. The van der Waals surface area contributed by atoms with E-state index < -0.39 is 5.72 Å². The Kier molecular flexibility index (Phi) is 5.41. The molecule has 188 valence electrons. The van der Waals surface area contributed by atoms with Crippen molar-refractivity contribution in [2.45, 2.75) is 45.4 Å². The van der Waals surface area contributed by atoms with Crippen molar-refractivity contribution >= 4 is 28.4 Å². The van der Waals surface area contributed by atoms with Crippen LogP contribution in [0, 0.1) is 0 Å². The molecule has 2 aliphatic heterocycles. The minimum absolute atomic E-state index is 0.354. The molecule has 0 saturated carbocycles. The molecule has 0 fully saturated rings. The molecular weight excluding hydrogens is 460 g/mol. The van der Waals surface area contributed by atoms with E-state index in [1.807, 2.05) is 48.6 Å². The molecule has 0 radical (unpaired) electrons. The minimum Gasteiger partial charge on any atom is -0.463 e. The monoisotopic (exact) mass is 492 g/mol. The summed E-state index contributed by atoms with van der Waals surface area (Å²) in [5.74, 6) is 0.874. The van der Waals surface area contributed by atoms with Crippen molar-refractivity contribution in [3.63, 3.8) is 0 Å². The van der Waals surface area contributed by atoms with Gasteiger partial charge in [-0.15, -0.1) is 0 Å². The van der Waals surface area contributed by atoms with Crippen LogP contribution in [0.25, 0.3) is 17.0 Å². The van der Waals surface area contributed by atoms with Gasteiger partial charge in [0.2, 0.25) is 5.72 Å². The molecule has 0 saturated heterocycles. The molecule has 1 atom stereocenters. The van der Waals surface area contributed by atoms with Crippen molar-refractivity contribution in [3.8, 4) is 5.75 Å². The summed E-state index contributed by atoms with van der Waals surface area (Å²) < 4.78 is 12.7. The molecule has 0 N–H and O–H groups in total. The van der Waals surface area contributed by atoms with Crippen LogP contribution in [0.3, 0.4) is 0 Å². The molecule has 2 aliphatic rings. The second kappa shape index (κ2) is 8.55. The van der Waals surface area contributed by atoms with E-state index in [4.69, 9.17) is 9.15 Å². The maximum absolute atomic E-state index is 13.1. The molecule has 6 rings (SSSR count). The fraction of sp³-hybridized carbons (Fsp3) is 0.281. The molecule has 0 bridgehead atoms. The Hall–Kier alpha value is -3.99. The Morgan fingerprint density at radius 1 is 0.973 bits per heavy atom. The first-order valence-corrected chi connectivity index (χ1v) is 13.0. The summed E-state index contributed by atoms with van der Waals surface area (Å²) in [6.45, 7) is 11.2. The standard InChI is InChI=1S/C32H32N2O3/c1-5-33(6-2)25-16-15-22-19-23(30(35)36-29(22)20-25)17-18-32-31(3,4)26-12-8-9-13-27(26)34(32)21-24-11-7-10-14-28(24)37-32/h7-20H,5-6,21H2,1-4H3/b18-17+/t32-/m1/s1. The smallest absolute Gasteiger partial charge is 0.343 e. The van der Waals surface area contributed by atoms with Crippen LogP contribution in [0.2, 0.25) is 0 Å². The average molecular weight is 493 g/mol. The van der Waals surface area contributed by atoms with Gasteiger partial charge in [-0.25, -0.2) is 4.79 Å². The lowest BCUT2D eigenvalue weighted by Crippen LogP contribution is -2.60. The van der Waals surface area contributed by atoms with Gasteiger partial charge in [0.15, 0.2) is 0 Å². The van der Waals surface area contributed by atoms with E-state index in [1.165, 1.54) is 5.56 Å². The van der Waals surface area contributed by atoms with Gasteiger partial charge in [0, 0.05) is 41.5 Å². The van der Waals surface area contributed by atoms with Gasteiger partial charge in [-0.3, -0.25) is 0 Å². The third kappa shape index (κ3) is 3.48. The Morgan fingerprint density at radius 3 is 2.54 bits per heavy atom. The molecule has 0 aliphatic carbocycles. The predicted molar refractivity (Wildman–Crippen MR) is 151 cm³/mol. The zero-order chi connectivity index (χ0) is 25.8. The van der Waals surface area contributed by atoms with Gasteiger partial charge in [0.05, 0.1) is 17.5 Å². The molecular formula is C32H32N2O3. The highest BCUT2D eigenvalue weighted by atomic mass is 16.5. The van der Waals surface area contributed by atoms with E-state index in [1.54, 1.807) is 0 Å². The molecule has 0 amide bonds. The summed E-state index contributed by atoms with van der Waals surface area (Å²) >= 11 is 0. The maximum Gasteiger partial charge on any atom is 0.343 e. The quantitative estimate of drug-likeness (QED) is 0.289. The Bertz CT molecular complexity index is 1580. The average Bonchev–Trinajstić information content (AvgIpc) is 3.10. The summed E-state index contributed by atoms with van der Waals surface area (Å²) in [6.07, 6.45) is 3.92. The predicted octanol–water partition coefficient (Wildman–Crippen LogP) is 6.74. The molecule has 3 aromatic carbocycles. The largest absolute Gasteiger partial charge is 0.463 e. The van der Waals surface area contributed by atoms with Crippen LogP contribution in [-0.2, 0) is 12.0 Å².